The molecule has 1 amide bonds. The Morgan fingerprint density at radius 3 is 2.91 bits per heavy atom. The SMILES string of the molecule is CN(CC(=O)N1CCc2ccccc21)Cc1cc(Br)ccc1F. The number of amides is 1. The third-order valence-corrected chi connectivity index (χ3v) is 4.53. The van der Waals surface area contributed by atoms with Crippen LogP contribution in [0.3, 0.4) is 0 Å². The van der Waals surface area contributed by atoms with Crippen LogP contribution in [-0.2, 0) is 17.8 Å². The highest BCUT2D eigenvalue weighted by Crippen LogP contribution is 2.27. The molecule has 0 saturated carbocycles. The smallest absolute Gasteiger partial charge is 0.241 e. The monoisotopic (exact) mass is 376 g/mol. The molecule has 5 heteroatoms. The van der Waals surface area contributed by atoms with Crippen LogP contribution in [0.4, 0.5) is 10.1 Å². The Balaban J connectivity index is 1.65. The van der Waals surface area contributed by atoms with E-state index in [4.69, 9.17) is 0 Å². The summed E-state index contributed by atoms with van der Waals surface area (Å²) in [4.78, 5) is 16.2. The highest BCUT2D eigenvalue weighted by atomic mass is 79.9. The molecule has 0 atom stereocenters. The van der Waals surface area contributed by atoms with Gasteiger partial charge in [0.2, 0.25) is 5.91 Å². The Morgan fingerprint density at radius 1 is 1.30 bits per heavy atom. The summed E-state index contributed by atoms with van der Waals surface area (Å²) in [6.07, 6.45) is 0.895. The summed E-state index contributed by atoms with van der Waals surface area (Å²) in [6, 6.07) is 12.8. The van der Waals surface area contributed by atoms with Crippen molar-refractivity contribution in [3.63, 3.8) is 0 Å². The number of anilines is 1. The van der Waals surface area contributed by atoms with Crippen molar-refractivity contribution in [2.45, 2.75) is 13.0 Å². The number of rotatable bonds is 4. The van der Waals surface area contributed by atoms with Crippen LogP contribution in [0.2, 0.25) is 0 Å². The Labute approximate surface area is 143 Å². The van der Waals surface area contributed by atoms with Crippen molar-refractivity contribution in [3.05, 3.63) is 63.9 Å². The molecule has 23 heavy (non-hydrogen) atoms. The Hall–Kier alpha value is -1.72. The van der Waals surface area contributed by atoms with Crippen LogP contribution in [-0.4, -0.2) is 30.9 Å². The van der Waals surface area contributed by atoms with Crippen molar-refractivity contribution in [1.82, 2.24) is 4.90 Å². The molecule has 0 aromatic heterocycles. The van der Waals surface area contributed by atoms with Gasteiger partial charge in [0.15, 0.2) is 0 Å². The van der Waals surface area contributed by atoms with Gasteiger partial charge in [-0.2, -0.15) is 0 Å². The molecule has 1 aliphatic rings. The van der Waals surface area contributed by atoms with Gasteiger partial charge in [-0.3, -0.25) is 9.69 Å². The number of hydrogen-bond acceptors (Lipinski definition) is 2. The quantitative estimate of drug-likeness (QED) is 0.813. The zero-order valence-electron chi connectivity index (χ0n) is 12.9. The number of fused-ring (bicyclic) bond motifs is 1. The summed E-state index contributed by atoms with van der Waals surface area (Å²) >= 11 is 3.35. The third-order valence-electron chi connectivity index (χ3n) is 4.04. The van der Waals surface area contributed by atoms with E-state index in [0.717, 1.165) is 23.1 Å². The standard InChI is InChI=1S/C18H18BrFN2O/c1-21(11-14-10-15(19)6-7-16(14)20)12-18(23)22-9-8-13-4-2-3-5-17(13)22/h2-7,10H,8-9,11-12H2,1H3. The van der Waals surface area contributed by atoms with Crippen LogP contribution >= 0.6 is 15.9 Å². The molecule has 1 aliphatic heterocycles. The maximum Gasteiger partial charge on any atom is 0.241 e. The van der Waals surface area contributed by atoms with Crippen molar-refractivity contribution < 1.29 is 9.18 Å². The van der Waals surface area contributed by atoms with Crippen molar-refractivity contribution in [3.8, 4) is 0 Å². The largest absolute Gasteiger partial charge is 0.311 e. The zero-order valence-corrected chi connectivity index (χ0v) is 14.5. The molecule has 2 aromatic carbocycles. The first-order chi connectivity index (χ1) is 11.0. The molecule has 0 fully saturated rings. The summed E-state index contributed by atoms with van der Waals surface area (Å²) in [7, 11) is 1.83. The van der Waals surface area contributed by atoms with E-state index in [1.807, 2.05) is 35.0 Å². The van der Waals surface area contributed by atoms with Gasteiger partial charge in [0, 0.05) is 28.8 Å². The third kappa shape index (κ3) is 3.62. The van der Waals surface area contributed by atoms with Crippen LogP contribution in [0.15, 0.2) is 46.9 Å². The average Bonchev–Trinajstić information content (AvgIpc) is 2.95. The first-order valence-corrected chi connectivity index (χ1v) is 8.34. The summed E-state index contributed by atoms with van der Waals surface area (Å²) in [5.74, 6) is -0.202. The molecule has 0 bridgehead atoms. The lowest BCUT2D eigenvalue weighted by molar-refractivity contribution is -0.119. The maximum absolute atomic E-state index is 13.8. The second-order valence-corrected chi connectivity index (χ2v) is 6.75. The molecule has 120 valence electrons. The molecular weight excluding hydrogens is 359 g/mol. The fourth-order valence-corrected chi connectivity index (χ4v) is 3.33. The predicted molar refractivity (Wildman–Crippen MR) is 92.9 cm³/mol. The molecule has 0 radical (unpaired) electrons. The summed E-state index contributed by atoms with van der Waals surface area (Å²) in [5.41, 5.74) is 2.79. The molecular formula is C18H18BrFN2O. The number of nitrogens with zero attached hydrogens (tertiary/aromatic N) is 2. The summed E-state index contributed by atoms with van der Waals surface area (Å²) in [6.45, 7) is 1.38. The lowest BCUT2D eigenvalue weighted by Crippen LogP contribution is -2.38. The number of halogens is 2. The van der Waals surface area contributed by atoms with Crippen LogP contribution < -0.4 is 4.90 Å². The zero-order chi connectivity index (χ0) is 16.4. The number of carbonyl (C=O) groups excluding carboxylic acids is 1. The molecule has 0 unspecified atom stereocenters. The Morgan fingerprint density at radius 2 is 2.09 bits per heavy atom. The van der Waals surface area contributed by atoms with Gasteiger partial charge in [-0.1, -0.05) is 34.1 Å². The number of benzene rings is 2. The number of para-hydroxylation sites is 1. The lowest BCUT2D eigenvalue weighted by Gasteiger charge is -2.22. The van der Waals surface area contributed by atoms with Gasteiger partial charge in [-0.15, -0.1) is 0 Å². The lowest BCUT2D eigenvalue weighted by atomic mass is 10.2. The van der Waals surface area contributed by atoms with E-state index in [9.17, 15) is 9.18 Å². The van der Waals surface area contributed by atoms with Gasteiger partial charge in [0.05, 0.1) is 6.54 Å². The van der Waals surface area contributed by atoms with Crippen LogP contribution in [0.1, 0.15) is 11.1 Å². The van der Waals surface area contributed by atoms with Crippen LogP contribution in [0, 0.1) is 5.82 Å². The molecule has 3 rings (SSSR count). The van der Waals surface area contributed by atoms with Gasteiger partial charge >= 0.3 is 0 Å². The molecule has 2 aromatic rings. The molecule has 3 nitrogen and oxygen atoms in total. The number of hydrogen-bond donors (Lipinski definition) is 0. The topological polar surface area (TPSA) is 23.6 Å². The Bertz CT molecular complexity index is 735. The van der Waals surface area contributed by atoms with Gasteiger partial charge < -0.3 is 4.90 Å². The maximum atomic E-state index is 13.8. The Kier molecular flexibility index (Phi) is 4.78. The molecule has 0 aliphatic carbocycles. The second kappa shape index (κ2) is 6.81. The molecule has 1 heterocycles. The van der Waals surface area contributed by atoms with Crippen molar-refractivity contribution in [1.29, 1.82) is 0 Å². The number of carbonyl (C=O) groups is 1. The molecule has 0 N–H and O–H groups in total. The van der Waals surface area contributed by atoms with Crippen molar-refractivity contribution in [2.75, 3.05) is 25.0 Å². The van der Waals surface area contributed by atoms with Crippen LogP contribution in [0.25, 0.3) is 0 Å². The predicted octanol–water partition coefficient (Wildman–Crippen LogP) is 3.61. The fraction of sp³-hybridized carbons (Fsp3) is 0.278. The minimum absolute atomic E-state index is 0.0489. The highest BCUT2D eigenvalue weighted by molar-refractivity contribution is 9.10. The van der Waals surface area contributed by atoms with E-state index in [1.54, 1.807) is 12.1 Å². The van der Waals surface area contributed by atoms with Crippen molar-refractivity contribution >= 4 is 27.5 Å². The van der Waals surface area contributed by atoms with Gasteiger partial charge in [0.1, 0.15) is 5.82 Å². The first-order valence-electron chi connectivity index (χ1n) is 7.55. The highest BCUT2D eigenvalue weighted by Gasteiger charge is 2.24. The van der Waals surface area contributed by atoms with E-state index >= 15 is 0 Å². The van der Waals surface area contributed by atoms with Crippen molar-refractivity contribution in [2.24, 2.45) is 0 Å². The second-order valence-electron chi connectivity index (χ2n) is 5.83. The van der Waals surface area contributed by atoms with Gasteiger partial charge in [-0.05, 0) is 43.3 Å². The minimum Gasteiger partial charge on any atom is -0.311 e. The summed E-state index contributed by atoms with van der Waals surface area (Å²) in [5, 5.41) is 0. The molecule has 0 spiro atoms. The van der Waals surface area contributed by atoms with Gasteiger partial charge in [0.25, 0.3) is 0 Å². The molecule has 0 saturated heterocycles. The minimum atomic E-state index is -0.251. The average molecular weight is 377 g/mol. The summed E-state index contributed by atoms with van der Waals surface area (Å²) < 4.78 is 14.7. The van der Waals surface area contributed by atoms with E-state index in [0.29, 0.717) is 12.1 Å². The van der Waals surface area contributed by atoms with Crippen LogP contribution in [0.5, 0.6) is 0 Å². The fourth-order valence-electron chi connectivity index (χ4n) is 2.92. The van der Waals surface area contributed by atoms with Gasteiger partial charge in [-0.25, -0.2) is 4.39 Å². The number of likely N-dealkylation sites (N-methyl/N-ethyl adjacent to an activating group) is 1. The van der Waals surface area contributed by atoms with E-state index in [1.165, 1.54) is 11.6 Å². The van der Waals surface area contributed by atoms with E-state index in [-0.39, 0.29) is 18.3 Å². The van der Waals surface area contributed by atoms with E-state index in [2.05, 4.69) is 22.0 Å². The first kappa shape index (κ1) is 16.1. The normalized spacial score (nSPS) is 13.5. The van der Waals surface area contributed by atoms with E-state index < -0.39 is 0 Å².